The number of thiazole rings is 1. The fourth-order valence-corrected chi connectivity index (χ4v) is 6.05. The maximum absolute atomic E-state index is 14.2. The second-order valence-electron chi connectivity index (χ2n) is 9.68. The van der Waals surface area contributed by atoms with Crippen molar-refractivity contribution in [1.82, 2.24) is 4.57 Å². The minimum Gasteiger partial charge on any atom is -0.493 e. The second kappa shape index (κ2) is 14.0. The smallest absolute Gasteiger partial charge is 0.338 e. The molecule has 1 aliphatic rings. The first-order valence-corrected chi connectivity index (χ1v) is 15.1. The molecule has 0 amide bonds. The lowest BCUT2D eigenvalue weighted by Crippen LogP contribution is -2.40. The van der Waals surface area contributed by atoms with Gasteiger partial charge in [-0.3, -0.25) is 9.36 Å². The Bertz CT molecular complexity index is 1970. The molecule has 0 aliphatic carbocycles. The highest BCUT2D eigenvalue weighted by Crippen LogP contribution is 2.38. The lowest BCUT2D eigenvalue weighted by atomic mass is 9.93. The Morgan fingerprint density at radius 3 is 2.40 bits per heavy atom. The maximum Gasteiger partial charge on any atom is 0.338 e. The Hall–Kier alpha value is -5.27. The maximum atomic E-state index is 14.2. The zero-order chi connectivity index (χ0) is 31.9. The molecular formula is C35H32N2O7S. The van der Waals surface area contributed by atoms with Crippen LogP contribution in [0.25, 0.3) is 11.8 Å². The molecule has 0 saturated heterocycles. The lowest BCUT2D eigenvalue weighted by molar-refractivity contribution is -0.138. The minimum atomic E-state index is -0.865. The molecule has 0 fully saturated rings. The quantitative estimate of drug-likeness (QED) is 0.181. The normalized spacial score (nSPS) is 14.2. The topological polar surface area (TPSA) is 97.6 Å². The summed E-state index contributed by atoms with van der Waals surface area (Å²) in [6, 6.07) is 19.2. The monoisotopic (exact) mass is 624 g/mol. The van der Waals surface area contributed by atoms with Gasteiger partial charge < -0.3 is 23.7 Å². The van der Waals surface area contributed by atoms with Gasteiger partial charge in [0.15, 0.2) is 27.8 Å². The number of esters is 1. The number of nitrogens with zero attached hydrogens (tertiary/aromatic N) is 2. The van der Waals surface area contributed by atoms with Gasteiger partial charge in [-0.2, -0.15) is 0 Å². The van der Waals surface area contributed by atoms with E-state index in [1.807, 2.05) is 43.3 Å². The first-order chi connectivity index (χ1) is 21.9. The van der Waals surface area contributed by atoms with Crippen molar-refractivity contribution in [3.63, 3.8) is 0 Å². The summed E-state index contributed by atoms with van der Waals surface area (Å²) in [7, 11) is 3.08. The van der Waals surface area contributed by atoms with Crippen LogP contribution in [0.3, 0.4) is 0 Å². The molecule has 0 spiro atoms. The van der Waals surface area contributed by atoms with Crippen LogP contribution in [0.5, 0.6) is 23.0 Å². The van der Waals surface area contributed by atoms with Crippen LogP contribution in [0.2, 0.25) is 0 Å². The number of methoxy groups -OCH3 is 2. The molecule has 1 atom stereocenters. The molecule has 230 valence electrons. The van der Waals surface area contributed by atoms with E-state index >= 15 is 0 Å². The van der Waals surface area contributed by atoms with Gasteiger partial charge in [-0.1, -0.05) is 59.7 Å². The number of carbonyl (C=O) groups is 1. The molecule has 1 aromatic heterocycles. The molecular weight excluding hydrogens is 592 g/mol. The van der Waals surface area contributed by atoms with Crippen LogP contribution in [0.15, 0.2) is 82.1 Å². The number of hydrogen-bond donors (Lipinski definition) is 0. The van der Waals surface area contributed by atoms with Gasteiger partial charge in [0, 0.05) is 5.56 Å². The van der Waals surface area contributed by atoms with Crippen molar-refractivity contribution < 1.29 is 28.5 Å². The standard InChI is InChI=1S/C35H32N2O7S/c1-6-18-44-26-16-14-22(19-28(26)42-7-2)20-29-33(38)37-32(24-15-17-25(40-4)27(21-24)41-5)30(34(39)43-8-3)31(36-35(37)45-29)23-12-10-9-11-13-23/h1,9-17,19-21,32H,7-8,18H2,2-5H3/b29-20-/t32-/m0/s1. The average Bonchev–Trinajstić information content (AvgIpc) is 3.37. The number of aromatic nitrogens is 1. The third-order valence-electron chi connectivity index (χ3n) is 6.97. The van der Waals surface area contributed by atoms with E-state index in [1.54, 1.807) is 50.4 Å². The summed E-state index contributed by atoms with van der Waals surface area (Å²) in [6.07, 6.45) is 7.12. The SMILES string of the molecule is C#CCOc1ccc(/C=c2\sc3n(c2=O)[C@@H](c2ccc(OC)c(OC)c2)C(C(=O)OCC)=C(c2ccccc2)N=3)cc1OCC. The highest BCUT2D eigenvalue weighted by atomic mass is 32.1. The highest BCUT2D eigenvalue weighted by Gasteiger charge is 2.35. The largest absolute Gasteiger partial charge is 0.493 e. The van der Waals surface area contributed by atoms with E-state index < -0.39 is 12.0 Å². The van der Waals surface area contributed by atoms with Gasteiger partial charge in [0.2, 0.25) is 0 Å². The van der Waals surface area contributed by atoms with Crippen LogP contribution in [-0.4, -0.2) is 44.6 Å². The summed E-state index contributed by atoms with van der Waals surface area (Å²) < 4.78 is 29.9. The summed E-state index contributed by atoms with van der Waals surface area (Å²) in [6.45, 7) is 4.27. The molecule has 0 radical (unpaired) electrons. The summed E-state index contributed by atoms with van der Waals surface area (Å²) >= 11 is 1.22. The Kier molecular flexibility index (Phi) is 9.70. The van der Waals surface area contributed by atoms with E-state index in [4.69, 9.17) is 35.1 Å². The first-order valence-electron chi connectivity index (χ1n) is 14.3. The molecule has 0 bridgehead atoms. The van der Waals surface area contributed by atoms with Crippen molar-refractivity contribution >= 4 is 29.1 Å². The Morgan fingerprint density at radius 2 is 1.71 bits per heavy atom. The molecule has 4 aromatic rings. The molecule has 10 heteroatoms. The molecule has 9 nitrogen and oxygen atoms in total. The average molecular weight is 625 g/mol. The summed E-state index contributed by atoms with van der Waals surface area (Å²) in [5.41, 5.74) is 2.40. The molecule has 3 aromatic carbocycles. The van der Waals surface area contributed by atoms with Gasteiger partial charge in [0.05, 0.1) is 49.3 Å². The van der Waals surface area contributed by atoms with Gasteiger partial charge in [-0.25, -0.2) is 9.79 Å². The van der Waals surface area contributed by atoms with E-state index in [0.29, 0.717) is 61.3 Å². The predicted molar refractivity (Wildman–Crippen MR) is 173 cm³/mol. The van der Waals surface area contributed by atoms with Gasteiger partial charge in [-0.05, 0) is 55.3 Å². The van der Waals surface area contributed by atoms with Crippen molar-refractivity contribution in [2.75, 3.05) is 34.0 Å². The van der Waals surface area contributed by atoms with E-state index in [9.17, 15) is 9.59 Å². The number of fused-ring (bicyclic) bond motifs is 1. The van der Waals surface area contributed by atoms with Gasteiger partial charge in [0.1, 0.15) is 6.61 Å². The fraction of sp³-hybridized carbons (Fsp3) is 0.229. The van der Waals surface area contributed by atoms with Crippen LogP contribution in [0, 0.1) is 12.3 Å². The predicted octanol–water partition coefficient (Wildman–Crippen LogP) is 4.36. The number of benzene rings is 3. The van der Waals surface area contributed by atoms with Crippen LogP contribution >= 0.6 is 11.3 Å². The lowest BCUT2D eigenvalue weighted by Gasteiger charge is -2.26. The van der Waals surface area contributed by atoms with Crippen molar-refractivity contribution in [2.24, 2.45) is 4.99 Å². The third-order valence-corrected chi connectivity index (χ3v) is 7.96. The molecule has 0 unspecified atom stereocenters. The zero-order valence-electron chi connectivity index (χ0n) is 25.4. The number of hydrogen-bond acceptors (Lipinski definition) is 9. The van der Waals surface area contributed by atoms with Gasteiger partial charge in [0.25, 0.3) is 5.56 Å². The van der Waals surface area contributed by atoms with E-state index in [0.717, 1.165) is 0 Å². The second-order valence-corrected chi connectivity index (χ2v) is 10.7. The van der Waals surface area contributed by atoms with E-state index in [1.165, 1.54) is 23.0 Å². The number of terminal acetylenes is 1. The van der Waals surface area contributed by atoms with Crippen LogP contribution in [0.1, 0.15) is 36.6 Å². The van der Waals surface area contributed by atoms with Crippen molar-refractivity contribution in [1.29, 1.82) is 0 Å². The Labute approximate surface area is 264 Å². The van der Waals surface area contributed by atoms with Crippen LogP contribution in [0.4, 0.5) is 0 Å². The molecule has 45 heavy (non-hydrogen) atoms. The molecule has 1 aliphatic heterocycles. The van der Waals surface area contributed by atoms with Crippen LogP contribution < -0.4 is 33.8 Å². The first kappa shape index (κ1) is 31.2. The highest BCUT2D eigenvalue weighted by molar-refractivity contribution is 7.07. The number of carbonyl (C=O) groups excluding carboxylic acids is 1. The van der Waals surface area contributed by atoms with Crippen LogP contribution in [-0.2, 0) is 9.53 Å². The summed E-state index contributed by atoms with van der Waals surface area (Å²) in [4.78, 5) is 33.3. The van der Waals surface area contributed by atoms with Crippen molar-refractivity contribution in [3.05, 3.63) is 109 Å². The van der Waals surface area contributed by atoms with Gasteiger partial charge in [-0.15, -0.1) is 6.42 Å². The van der Waals surface area contributed by atoms with Gasteiger partial charge >= 0.3 is 5.97 Å². The summed E-state index contributed by atoms with van der Waals surface area (Å²) in [5.74, 6) is 3.86. The molecule has 5 rings (SSSR count). The van der Waals surface area contributed by atoms with E-state index in [-0.39, 0.29) is 24.3 Å². The fourth-order valence-electron chi connectivity index (χ4n) is 5.05. The number of ether oxygens (including phenoxy) is 5. The van der Waals surface area contributed by atoms with E-state index in [2.05, 4.69) is 5.92 Å². The number of rotatable bonds is 11. The Balaban J connectivity index is 1.77. The Morgan fingerprint density at radius 1 is 0.956 bits per heavy atom. The summed E-state index contributed by atoms with van der Waals surface area (Å²) in [5, 5.41) is 0. The molecule has 0 N–H and O–H groups in total. The zero-order valence-corrected chi connectivity index (χ0v) is 26.2. The van der Waals surface area contributed by atoms with Crippen molar-refractivity contribution in [3.8, 4) is 35.3 Å². The molecule has 0 saturated carbocycles. The molecule has 2 heterocycles. The van der Waals surface area contributed by atoms with Crippen molar-refractivity contribution in [2.45, 2.75) is 19.9 Å². The third kappa shape index (κ3) is 6.35. The minimum absolute atomic E-state index is 0.0979.